The predicted octanol–water partition coefficient (Wildman–Crippen LogP) is 1.61. The van der Waals surface area contributed by atoms with Crippen LogP contribution in [0.3, 0.4) is 0 Å². The van der Waals surface area contributed by atoms with Crippen LogP contribution >= 0.6 is 0 Å². The van der Waals surface area contributed by atoms with Gasteiger partial charge < -0.3 is 4.57 Å². The van der Waals surface area contributed by atoms with Crippen molar-refractivity contribution >= 4 is 27.7 Å². The summed E-state index contributed by atoms with van der Waals surface area (Å²) < 4.78 is 3.71. The first-order valence-corrected chi connectivity index (χ1v) is 6.36. The summed E-state index contributed by atoms with van der Waals surface area (Å²) in [7, 11) is 1.84. The number of rotatable bonds is 0. The molecule has 0 amide bonds. The van der Waals surface area contributed by atoms with E-state index >= 15 is 0 Å². The molecule has 100 valence electrons. The van der Waals surface area contributed by atoms with Gasteiger partial charge in [-0.05, 0) is 12.1 Å². The molecule has 0 aliphatic carbocycles. The number of hydrogen-bond donors (Lipinski definition) is 0. The molecule has 0 radical (unpaired) electrons. The van der Waals surface area contributed by atoms with Gasteiger partial charge in [0.15, 0.2) is 0 Å². The number of pyridine rings is 1. The Hall–Kier alpha value is -3.20. The number of imidazole rings is 1. The van der Waals surface area contributed by atoms with Gasteiger partial charge in [0.1, 0.15) is 29.1 Å². The first-order valence-electron chi connectivity index (χ1n) is 6.36. The average molecular weight is 275 g/mol. The molecule has 0 atom stereocenters. The van der Waals surface area contributed by atoms with Gasteiger partial charge in [-0.15, -0.1) is 0 Å². The lowest BCUT2D eigenvalue weighted by Crippen LogP contribution is -2.13. The van der Waals surface area contributed by atoms with Crippen molar-refractivity contribution in [2.75, 3.05) is 0 Å². The highest BCUT2D eigenvalue weighted by Crippen LogP contribution is 2.24. The van der Waals surface area contributed by atoms with Crippen LogP contribution in [-0.4, -0.2) is 18.9 Å². The zero-order valence-corrected chi connectivity index (χ0v) is 11.1. The molecular weight excluding hydrogens is 266 g/mol. The monoisotopic (exact) mass is 275 g/mol. The van der Waals surface area contributed by atoms with Crippen molar-refractivity contribution in [1.82, 2.24) is 18.9 Å². The van der Waals surface area contributed by atoms with Crippen LogP contribution < -0.4 is 5.43 Å². The minimum absolute atomic E-state index is 0.0971. The van der Waals surface area contributed by atoms with Crippen LogP contribution in [0.5, 0.6) is 0 Å². The van der Waals surface area contributed by atoms with E-state index in [1.165, 1.54) is 6.33 Å². The third-order valence-corrected chi connectivity index (χ3v) is 3.72. The summed E-state index contributed by atoms with van der Waals surface area (Å²) in [6.07, 6.45) is 2.92. The summed E-state index contributed by atoms with van der Waals surface area (Å²) >= 11 is 0. The van der Waals surface area contributed by atoms with Crippen LogP contribution in [0.2, 0.25) is 0 Å². The van der Waals surface area contributed by atoms with Crippen LogP contribution in [0.25, 0.3) is 27.7 Å². The van der Waals surface area contributed by atoms with Gasteiger partial charge in [0, 0.05) is 7.05 Å². The number of nitriles is 1. The summed E-state index contributed by atoms with van der Waals surface area (Å²) in [4.78, 5) is 20.5. The highest BCUT2D eigenvalue weighted by molar-refractivity contribution is 5.91. The molecule has 4 aromatic rings. The predicted molar refractivity (Wildman–Crippen MR) is 78.0 cm³/mol. The van der Waals surface area contributed by atoms with Gasteiger partial charge in [0.05, 0.1) is 22.7 Å². The molecule has 6 nitrogen and oxygen atoms in total. The summed E-state index contributed by atoms with van der Waals surface area (Å²) in [5, 5.41) is 9.41. The fourth-order valence-electron chi connectivity index (χ4n) is 2.82. The summed E-state index contributed by atoms with van der Waals surface area (Å²) in [5.41, 5.74) is 3.01. The number of aromatic nitrogens is 4. The molecule has 0 aliphatic rings. The minimum atomic E-state index is -0.360. The lowest BCUT2D eigenvalue weighted by atomic mass is 10.2. The second kappa shape index (κ2) is 3.90. The maximum absolute atomic E-state index is 12.5. The van der Waals surface area contributed by atoms with E-state index in [2.05, 4.69) is 9.97 Å². The highest BCUT2D eigenvalue weighted by atomic mass is 16.1. The molecule has 1 aromatic carbocycles. The third kappa shape index (κ3) is 1.32. The molecule has 0 saturated heterocycles. The van der Waals surface area contributed by atoms with E-state index in [1.807, 2.05) is 46.4 Å². The van der Waals surface area contributed by atoms with Crippen molar-refractivity contribution in [2.45, 2.75) is 0 Å². The van der Waals surface area contributed by atoms with Gasteiger partial charge in [-0.2, -0.15) is 5.26 Å². The smallest absolute Gasteiger partial charge is 0.227 e. The summed E-state index contributed by atoms with van der Waals surface area (Å²) in [6, 6.07) is 9.75. The van der Waals surface area contributed by atoms with Crippen LogP contribution in [0, 0.1) is 11.3 Å². The molecular formula is C15H9N5O. The molecule has 0 N–H and O–H groups in total. The molecule has 4 rings (SSSR count). The molecule has 0 aliphatic heterocycles. The number of fused-ring (bicyclic) bond motifs is 5. The topological polar surface area (TPSA) is 76.0 Å². The van der Waals surface area contributed by atoms with Crippen LogP contribution in [-0.2, 0) is 7.05 Å². The third-order valence-electron chi connectivity index (χ3n) is 3.72. The van der Waals surface area contributed by atoms with Crippen molar-refractivity contribution in [2.24, 2.45) is 7.05 Å². The first-order chi connectivity index (χ1) is 10.2. The zero-order valence-electron chi connectivity index (χ0n) is 11.1. The van der Waals surface area contributed by atoms with Crippen molar-refractivity contribution in [3.63, 3.8) is 0 Å². The standard InChI is InChI=1S/C15H9N5O/c1-19-10-4-2-3-5-11(10)20-12-7-17-8-18-13(12)14(21)9(6-16)15(19)20/h2-5,7-8H,1H3. The molecule has 0 fully saturated rings. The largest absolute Gasteiger partial charge is 0.328 e. The Kier molecular flexibility index (Phi) is 2.16. The van der Waals surface area contributed by atoms with Crippen molar-refractivity contribution in [3.05, 3.63) is 52.6 Å². The van der Waals surface area contributed by atoms with Crippen molar-refractivity contribution < 1.29 is 0 Å². The molecule has 0 spiro atoms. The molecule has 0 bridgehead atoms. The Morgan fingerprint density at radius 2 is 1.95 bits per heavy atom. The summed E-state index contributed by atoms with van der Waals surface area (Å²) in [5.74, 6) is 0. The SMILES string of the molecule is Cn1c2ccccc2n2c3cncnc3c(=O)c(C#N)c12. The molecule has 21 heavy (non-hydrogen) atoms. The number of nitrogens with zero attached hydrogens (tertiary/aromatic N) is 5. The van der Waals surface area contributed by atoms with Crippen molar-refractivity contribution in [3.8, 4) is 6.07 Å². The van der Waals surface area contributed by atoms with E-state index in [1.54, 1.807) is 6.20 Å². The zero-order chi connectivity index (χ0) is 14.6. The van der Waals surface area contributed by atoms with E-state index in [0.29, 0.717) is 11.2 Å². The first kappa shape index (κ1) is 11.6. The van der Waals surface area contributed by atoms with E-state index in [4.69, 9.17) is 0 Å². The maximum Gasteiger partial charge on any atom is 0.227 e. The lowest BCUT2D eigenvalue weighted by molar-refractivity contribution is 0.984. The Balaban J connectivity index is 2.52. The Labute approximate surface area is 118 Å². The summed E-state index contributed by atoms with van der Waals surface area (Å²) in [6.45, 7) is 0. The van der Waals surface area contributed by atoms with Crippen LogP contribution in [0.4, 0.5) is 0 Å². The van der Waals surface area contributed by atoms with Crippen LogP contribution in [0.15, 0.2) is 41.6 Å². The average Bonchev–Trinajstić information content (AvgIpc) is 2.82. The molecule has 3 heterocycles. The maximum atomic E-state index is 12.5. The Morgan fingerprint density at radius 1 is 1.19 bits per heavy atom. The number of para-hydroxylation sites is 2. The van der Waals surface area contributed by atoms with E-state index < -0.39 is 0 Å². The molecule has 6 heteroatoms. The highest BCUT2D eigenvalue weighted by Gasteiger charge is 2.18. The fourth-order valence-corrected chi connectivity index (χ4v) is 2.82. The van der Waals surface area contributed by atoms with Gasteiger partial charge in [0.2, 0.25) is 5.43 Å². The van der Waals surface area contributed by atoms with E-state index in [0.717, 1.165) is 11.0 Å². The number of benzene rings is 1. The minimum Gasteiger partial charge on any atom is -0.328 e. The van der Waals surface area contributed by atoms with Gasteiger partial charge in [-0.25, -0.2) is 9.97 Å². The quantitative estimate of drug-likeness (QED) is 0.488. The second-order valence-corrected chi connectivity index (χ2v) is 4.78. The van der Waals surface area contributed by atoms with E-state index in [-0.39, 0.29) is 16.5 Å². The van der Waals surface area contributed by atoms with Gasteiger partial charge >= 0.3 is 0 Å². The van der Waals surface area contributed by atoms with Crippen LogP contribution in [0.1, 0.15) is 5.56 Å². The van der Waals surface area contributed by atoms with Gasteiger partial charge in [-0.3, -0.25) is 9.20 Å². The van der Waals surface area contributed by atoms with E-state index in [9.17, 15) is 10.1 Å². The van der Waals surface area contributed by atoms with Crippen molar-refractivity contribution in [1.29, 1.82) is 5.26 Å². The second-order valence-electron chi connectivity index (χ2n) is 4.78. The number of aryl methyl sites for hydroxylation is 1. The molecule has 0 unspecified atom stereocenters. The van der Waals surface area contributed by atoms with Gasteiger partial charge in [-0.1, -0.05) is 12.1 Å². The molecule has 3 aromatic heterocycles. The normalized spacial score (nSPS) is 11.2. The fraction of sp³-hybridized carbons (Fsp3) is 0.0667. The number of hydrogen-bond acceptors (Lipinski definition) is 4. The Morgan fingerprint density at radius 3 is 2.71 bits per heavy atom. The van der Waals surface area contributed by atoms with Gasteiger partial charge in [0.25, 0.3) is 0 Å². The molecule has 0 saturated carbocycles. The Bertz CT molecular complexity index is 1130. The lowest BCUT2D eigenvalue weighted by Gasteiger charge is -2.04.